The molecule has 0 aliphatic carbocycles. The van der Waals surface area contributed by atoms with Gasteiger partial charge in [0.2, 0.25) is 5.95 Å². The van der Waals surface area contributed by atoms with Gasteiger partial charge in [0.25, 0.3) is 0 Å². The molecule has 7 nitrogen and oxygen atoms in total. The lowest BCUT2D eigenvalue weighted by molar-refractivity contribution is 0.0650. The number of nitrogens with two attached hydrogens (primary N) is 1. The zero-order chi connectivity index (χ0) is 25.9. The molecule has 0 aliphatic rings. The monoisotopic (exact) mass is 485 g/mol. The maximum atomic E-state index is 11.7. The van der Waals surface area contributed by atoms with Gasteiger partial charge >= 0.3 is 11.9 Å². The number of nitrogens with zero attached hydrogens (tertiary/aromatic N) is 2. The van der Waals surface area contributed by atoms with Crippen LogP contribution in [0, 0.1) is 0 Å². The highest BCUT2D eigenvalue weighted by molar-refractivity contribution is 6.03. The number of anilines is 1. The van der Waals surface area contributed by atoms with Gasteiger partial charge in [-0.2, -0.15) is 0 Å². The third-order valence-corrected chi connectivity index (χ3v) is 5.93. The molecule has 0 aliphatic heterocycles. The first-order chi connectivity index (χ1) is 16.9. The van der Waals surface area contributed by atoms with Crippen molar-refractivity contribution >= 4 is 17.9 Å². The minimum absolute atomic E-state index is 0.0206. The van der Waals surface area contributed by atoms with Gasteiger partial charge < -0.3 is 15.9 Å². The number of carboxylic acid groups (broad SMARTS) is 2. The minimum atomic E-state index is -1.15. The molecule has 0 fully saturated rings. The van der Waals surface area contributed by atoms with Crippen molar-refractivity contribution in [2.45, 2.75) is 104 Å². The second-order valence-corrected chi connectivity index (χ2v) is 8.93. The molecule has 1 heterocycles. The Hall–Kier alpha value is -2.96. The quantitative estimate of drug-likeness (QED) is 0.220. The molecule has 7 heteroatoms. The van der Waals surface area contributed by atoms with Crippen molar-refractivity contribution in [2.75, 3.05) is 5.73 Å². The van der Waals surface area contributed by atoms with Crippen molar-refractivity contribution in [3.05, 3.63) is 52.8 Å². The maximum Gasteiger partial charge on any atom is 0.336 e. The number of hydrogen-bond donors (Lipinski definition) is 3. The molecule has 0 spiro atoms. The Balaban J connectivity index is 0.000000744. The van der Waals surface area contributed by atoms with Gasteiger partial charge in [-0.3, -0.25) is 0 Å². The highest BCUT2D eigenvalue weighted by atomic mass is 16.4. The second-order valence-electron chi connectivity index (χ2n) is 8.93. The van der Waals surface area contributed by atoms with E-state index in [1.807, 2.05) is 6.07 Å². The van der Waals surface area contributed by atoms with E-state index in [0.29, 0.717) is 17.9 Å². The SMILES string of the molecule is CCCCCCCCc1cc(CCCCCCCC)c(C(=O)O)c(C(=O)O)c1.Nc1ncccn1. The van der Waals surface area contributed by atoms with Crippen molar-refractivity contribution in [3.63, 3.8) is 0 Å². The molecule has 0 saturated carbocycles. The van der Waals surface area contributed by atoms with Crippen LogP contribution in [0.1, 0.15) is 123 Å². The van der Waals surface area contributed by atoms with E-state index in [0.717, 1.165) is 44.1 Å². The summed E-state index contributed by atoms with van der Waals surface area (Å²) in [6, 6.07) is 5.23. The third-order valence-electron chi connectivity index (χ3n) is 5.93. The van der Waals surface area contributed by atoms with Crippen LogP contribution in [0.5, 0.6) is 0 Å². The Morgan fingerprint density at radius 1 is 0.743 bits per heavy atom. The molecule has 0 bridgehead atoms. The van der Waals surface area contributed by atoms with Crippen molar-refractivity contribution < 1.29 is 19.8 Å². The lowest BCUT2D eigenvalue weighted by atomic mass is 9.92. The van der Waals surface area contributed by atoms with E-state index >= 15 is 0 Å². The van der Waals surface area contributed by atoms with Gasteiger partial charge in [-0.25, -0.2) is 19.6 Å². The van der Waals surface area contributed by atoms with Crippen LogP contribution in [-0.2, 0) is 12.8 Å². The minimum Gasteiger partial charge on any atom is -0.478 e. The number of carboxylic acids is 2. The Morgan fingerprint density at radius 2 is 1.26 bits per heavy atom. The smallest absolute Gasteiger partial charge is 0.336 e. The zero-order valence-corrected chi connectivity index (χ0v) is 21.5. The summed E-state index contributed by atoms with van der Waals surface area (Å²) in [5, 5.41) is 19.1. The molecule has 2 aromatic rings. The van der Waals surface area contributed by atoms with Crippen molar-refractivity contribution in [1.82, 2.24) is 9.97 Å². The number of benzene rings is 1. The number of hydrogen-bond acceptors (Lipinski definition) is 5. The van der Waals surface area contributed by atoms with E-state index in [4.69, 9.17) is 5.73 Å². The largest absolute Gasteiger partial charge is 0.478 e. The van der Waals surface area contributed by atoms with Gasteiger partial charge in [-0.1, -0.05) is 84.1 Å². The molecule has 0 saturated heterocycles. The van der Waals surface area contributed by atoms with E-state index in [-0.39, 0.29) is 11.1 Å². The summed E-state index contributed by atoms with van der Waals surface area (Å²) < 4.78 is 0. The molecule has 194 valence electrons. The van der Waals surface area contributed by atoms with Gasteiger partial charge in [0, 0.05) is 12.4 Å². The van der Waals surface area contributed by atoms with Crippen molar-refractivity contribution in [1.29, 1.82) is 0 Å². The number of aromatic nitrogens is 2. The first-order valence-corrected chi connectivity index (χ1v) is 13.1. The maximum absolute atomic E-state index is 11.7. The Morgan fingerprint density at radius 3 is 1.71 bits per heavy atom. The van der Waals surface area contributed by atoms with Crippen LogP contribution >= 0.6 is 0 Å². The standard InChI is InChI=1S/C24H38O4.C4H5N3/c1-3-5-7-9-11-13-15-19-17-20(16-14-12-10-8-6-4-2)22(24(27)28)21(18-19)23(25)26;5-4-6-2-1-3-7-4/h17-18H,3-16H2,1-2H3,(H,25,26)(H,27,28);1-3H,(H2,5,6,7). The lowest BCUT2D eigenvalue weighted by Gasteiger charge is -2.13. The molecule has 0 amide bonds. The number of aryl methyl sites for hydroxylation is 2. The molecule has 0 unspecified atom stereocenters. The molecular formula is C28H43N3O4. The van der Waals surface area contributed by atoms with E-state index in [9.17, 15) is 19.8 Å². The van der Waals surface area contributed by atoms with Crippen LogP contribution in [0.25, 0.3) is 0 Å². The lowest BCUT2D eigenvalue weighted by Crippen LogP contribution is -2.13. The van der Waals surface area contributed by atoms with Crippen LogP contribution in [0.15, 0.2) is 30.6 Å². The highest BCUT2D eigenvalue weighted by Gasteiger charge is 2.21. The number of rotatable bonds is 16. The first-order valence-electron chi connectivity index (χ1n) is 13.1. The van der Waals surface area contributed by atoms with Gasteiger partial charge in [0.15, 0.2) is 0 Å². The molecule has 4 N–H and O–H groups in total. The molecule has 0 radical (unpaired) electrons. The Labute approximate surface area is 210 Å². The van der Waals surface area contributed by atoms with E-state index in [2.05, 4.69) is 23.8 Å². The summed E-state index contributed by atoms with van der Waals surface area (Å²) in [7, 11) is 0. The summed E-state index contributed by atoms with van der Waals surface area (Å²) in [5.74, 6) is -1.96. The molecule has 2 rings (SSSR count). The van der Waals surface area contributed by atoms with Gasteiger partial charge in [-0.05, 0) is 48.9 Å². The molecule has 35 heavy (non-hydrogen) atoms. The summed E-state index contributed by atoms with van der Waals surface area (Å²) >= 11 is 0. The number of carbonyl (C=O) groups is 2. The average molecular weight is 486 g/mol. The van der Waals surface area contributed by atoms with Crippen LogP contribution in [0.3, 0.4) is 0 Å². The number of nitrogen functional groups attached to an aromatic ring is 1. The number of unbranched alkanes of at least 4 members (excludes halogenated alkanes) is 10. The fourth-order valence-corrected chi connectivity index (χ4v) is 4.05. The fourth-order valence-electron chi connectivity index (χ4n) is 4.05. The molecular weight excluding hydrogens is 442 g/mol. The molecule has 1 aromatic carbocycles. The van der Waals surface area contributed by atoms with E-state index in [1.54, 1.807) is 24.5 Å². The van der Waals surface area contributed by atoms with Gasteiger partial charge in [0.1, 0.15) is 0 Å². The van der Waals surface area contributed by atoms with Gasteiger partial charge in [-0.15, -0.1) is 0 Å². The van der Waals surface area contributed by atoms with Crippen LogP contribution in [0.4, 0.5) is 5.95 Å². The number of aromatic carboxylic acids is 2. The Kier molecular flexibility index (Phi) is 15.8. The molecule has 1 aromatic heterocycles. The topological polar surface area (TPSA) is 126 Å². The van der Waals surface area contributed by atoms with E-state index < -0.39 is 11.9 Å². The fraction of sp³-hybridized carbons (Fsp3) is 0.571. The van der Waals surface area contributed by atoms with Gasteiger partial charge in [0.05, 0.1) is 11.1 Å². The molecule has 0 atom stereocenters. The highest BCUT2D eigenvalue weighted by Crippen LogP contribution is 2.23. The summed E-state index contributed by atoms with van der Waals surface area (Å²) in [6.07, 6.45) is 18.5. The van der Waals surface area contributed by atoms with Crippen molar-refractivity contribution in [3.8, 4) is 0 Å². The summed E-state index contributed by atoms with van der Waals surface area (Å²) in [6.45, 7) is 4.38. The summed E-state index contributed by atoms with van der Waals surface area (Å²) in [4.78, 5) is 30.7. The predicted molar refractivity (Wildman–Crippen MR) is 141 cm³/mol. The van der Waals surface area contributed by atoms with Crippen molar-refractivity contribution in [2.24, 2.45) is 0 Å². The normalized spacial score (nSPS) is 10.5. The zero-order valence-electron chi connectivity index (χ0n) is 21.5. The van der Waals surface area contributed by atoms with E-state index in [1.165, 1.54) is 44.9 Å². The average Bonchev–Trinajstić information content (AvgIpc) is 2.83. The van der Waals surface area contributed by atoms with Crippen LogP contribution < -0.4 is 5.73 Å². The van der Waals surface area contributed by atoms with Crippen LogP contribution in [0.2, 0.25) is 0 Å². The summed E-state index contributed by atoms with van der Waals surface area (Å²) in [5.41, 5.74) is 6.70. The first kappa shape index (κ1) is 30.1. The van der Waals surface area contributed by atoms with Crippen LogP contribution in [-0.4, -0.2) is 32.1 Å². The Bertz CT molecular complexity index is 872. The third kappa shape index (κ3) is 12.9. The predicted octanol–water partition coefficient (Wildman–Crippen LogP) is 6.95. The second kappa shape index (κ2) is 18.4.